The van der Waals surface area contributed by atoms with Crippen molar-refractivity contribution in [1.82, 2.24) is 9.80 Å². The Labute approximate surface area is 108 Å². The summed E-state index contributed by atoms with van der Waals surface area (Å²) in [6, 6.07) is 12.4. The summed E-state index contributed by atoms with van der Waals surface area (Å²) >= 11 is 0. The molecular weight excluding hydrogens is 224 g/mol. The molecule has 4 nitrogen and oxygen atoms in total. The van der Waals surface area contributed by atoms with E-state index in [-0.39, 0.29) is 0 Å². The van der Waals surface area contributed by atoms with Gasteiger partial charge < -0.3 is 10.6 Å². The Morgan fingerprint density at radius 2 is 1.89 bits per heavy atom. The van der Waals surface area contributed by atoms with Gasteiger partial charge in [-0.25, -0.2) is 0 Å². The van der Waals surface area contributed by atoms with Gasteiger partial charge in [0.25, 0.3) is 0 Å². The second-order valence-electron chi connectivity index (χ2n) is 4.45. The van der Waals surface area contributed by atoms with Crippen LogP contribution in [0.25, 0.3) is 0 Å². The Morgan fingerprint density at radius 1 is 1.22 bits per heavy atom. The fraction of sp³-hybridized carbons (Fsp3) is 0.357. The number of nitrogens with zero attached hydrogens (tertiary/aromatic N) is 3. The number of rotatable bonds is 3. The maximum atomic E-state index is 8.57. The molecule has 0 unspecified atom stereocenters. The number of hydrogen-bond donors (Lipinski definition) is 1. The second-order valence-corrected chi connectivity index (χ2v) is 4.45. The van der Waals surface area contributed by atoms with Crippen molar-refractivity contribution in [1.29, 1.82) is 5.26 Å². The first kappa shape index (κ1) is 12.5. The smallest absolute Gasteiger partial charge is 0.109 e. The first-order valence-electron chi connectivity index (χ1n) is 6.16. The number of piperazine rings is 1. The van der Waals surface area contributed by atoms with Crippen molar-refractivity contribution >= 4 is 0 Å². The third kappa shape index (κ3) is 3.25. The number of hydrogen-bond acceptors (Lipinski definition) is 4. The van der Waals surface area contributed by atoms with Gasteiger partial charge in [-0.2, -0.15) is 5.26 Å². The summed E-state index contributed by atoms with van der Waals surface area (Å²) in [7, 11) is 0. The molecule has 0 amide bonds. The summed E-state index contributed by atoms with van der Waals surface area (Å²) in [6.07, 6.45) is 1.41. The number of nitrogens with two attached hydrogens (primary N) is 1. The monoisotopic (exact) mass is 242 g/mol. The third-order valence-electron chi connectivity index (χ3n) is 3.20. The van der Waals surface area contributed by atoms with E-state index >= 15 is 0 Å². The minimum atomic E-state index is 0.580. The van der Waals surface area contributed by atoms with Crippen LogP contribution in [0.2, 0.25) is 0 Å². The molecule has 0 atom stereocenters. The SMILES string of the molecule is N#C/C=C(/N)N1CCN(Cc2ccccc2)CC1. The van der Waals surface area contributed by atoms with Gasteiger partial charge >= 0.3 is 0 Å². The van der Waals surface area contributed by atoms with E-state index in [0.29, 0.717) is 5.82 Å². The highest BCUT2D eigenvalue weighted by atomic mass is 15.3. The molecule has 4 heteroatoms. The Hall–Kier alpha value is -1.99. The molecule has 0 bridgehead atoms. The molecule has 1 aliphatic rings. The van der Waals surface area contributed by atoms with E-state index in [1.165, 1.54) is 11.6 Å². The molecular formula is C14H18N4. The van der Waals surface area contributed by atoms with Crippen molar-refractivity contribution < 1.29 is 0 Å². The van der Waals surface area contributed by atoms with Crippen LogP contribution in [0.15, 0.2) is 42.2 Å². The highest BCUT2D eigenvalue weighted by Gasteiger charge is 2.17. The van der Waals surface area contributed by atoms with Crippen LogP contribution in [0, 0.1) is 11.3 Å². The Morgan fingerprint density at radius 3 is 2.50 bits per heavy atom. The minimum Gasteiger partial charge on any atom is -0.385 e. The zero-order valence-electron chi connectivity index (χ0n) is 10.4. The van der Waals surface area contributed by atoms with Gasteiger partial charge in [-0.1, -0.05) is 30.3 Å². The zero-order valence-corrected chi connectivity index (χ0v) is 10.4. The van der Waals surface area contributed by atoms with Crippen molar-refractivity contribution in [2.24, 2.45) is 5.73 Å². The summed E-state index contributed by atoms with van der Waals surface area (Å²) in [5.74, 6) is 0.580. The molecule has 1 saturated heterocycles. The van der Waals surface area contributed by atoms with Gasteiger partial charge in [0.1, 0.15) is 5.82 Å². The van der Waals surface area contributed by atoms with Crippen LogP contribution in [0.1, 0.15) is 5.56 Å². The lowest BCUT2D eigenvalue weighted by molar-refractivity contribution is 0.152. The predicted molar refractivity (Wildman–Crippen MR) is 71.2 cm³/mol. The molecule has 0 radical (unpaired) electrons. The number of benzene rings is 1. The van der Waals surface area contributed by atoms with E-state index in [0.717, 1.165) is 32.7 Å². The second kappa shape index (κ2) is 6.08. The van der Waals surface area contributed by atoms with Gasteiger partial charge in [-0.3, -0.25) is 4.90 Å². The van der Waals surface area contributed by atoms with Crippen LogP contribution in [0.4, 0.5) is 0 Å². The average Bonchev–Trinajstić information content (AvgIpc) is 2.41. The predicted octanol–water partition coefficient (Wildman–Crippen LogP) is 1.13. The molecule has 1 aromatic carbocycles. The molecule has 18 heavy (non-hydrogen) atoms. The quantitative estimate of drug-likeness (QED) is 0.807. The Bertz CT molecular complexity index is 439. The van der Waals surface area contributed by atoms with E-state index in [1.54, 1.807) is 0 Å². The number of allylic oxidation sites excluding steroid dienone is 1. The van der Waals surface area contributed by atoms with E-state index in [4.69, 9.17) is 11.0 Å². The maximum absolute atomic E-state index is 8.57. The Kier molecular flexibility index (Phi) is 4.21. The Balaban J connectivity index is 1.84. The summed E-state index contributed by atoms with van der Waals surface area (Å²) in [6.45, 7) is 4.72. The summed E-state index contributed by atoms with van der Waals surface area (Å²) in [5, 5.41) is 8.57. The van der Waals surface area contributed by atoms with Crippen LogP contribution < -0.4 is 5.73 Å². The van der Waals surface area contributed by atoms with Crippen LogP contribution in [-0.4, -0.2) is 36.0 Å². The van der Waals surface area contributed by atoms with Gasteiger partial charge in [0.15, 0.2) is 0 Å². The van der Waals surface area contributed by atoms with E-state index in [9.17, 15) is 0 Å². The molecule has 0 aliphatic carbocycles. The first-order chi connectivity index (χ1) is 8.79. The lowest BCUT2D eigenvalue weighted by atomic mass is 10.2. The van der Waals surface area contributed by atoms with E-state index in [1.807, 2.05) is 12.1 Å². The highest BCUT2D eigenvalue weighted by Crippen LogP contribution is 2.09. The van der Waals surface area contributed by atoms with Gasteiger partial charge in [0.2, 0.25) is 0 Å². The molecule has 2 N–H and O–H groups in total. The van der Waals surface area contributed by atoms with Gasteiger partial charge in [-0.05, 0) is 5.56 Å². The average molecular weight is 242 g/mol. The molecule has 0 saturated carbocycles. The van der Waals surface area contributed by atoms with Gasteiger partial charge in [0, 0.05) is 32.7 Å². The fourth-order valence-electron chi connectivity index (χ4n) is 2.16. The van der Waals surface area contributed by atoms with Crippen LogP contribution in [0.3, 0.4) is 0 Å². The molecule has 1 aromatic rings. The van der Waals surface area contributed by atoms with Crippen molar-refractivity contribution in [2.75, 3.05) is 26.2 Å². The molecule has 94 valence electrons. The van der Waals surface area contributed by atoms with Crippen molar-refractivity contribution in [3.05, 3.63) is 47.8 Å². The topological polar surface area (TPSA) is 56.3 Å². The molecule has 1 aliphatic heterocycles. The van der Waals surface area contributed by atoms with Gasteiger partial charge in [0.05, 0.1) is 12.1 Å². The van der Waals surface area contributed by atoms with Gasteiger partial charge in [-0.15, -0.1) is 0 Å². The van der Waals surface area contributed by atoms with E-state index < -0.39 is 0 Å². The van der Waals surface area contributed by atoms with Crippen molar-refractivity contribution in [3.8, 4) is 6.07 Å². The maximum Gasteiger partial charge on any atom is 0.109 e. The highest BCUT2D eigenvalue weighted by molar-refractivity contribution is 5.15. The third-order valence-corrected chi connectivity index (χ3v) is 3.20. The lowest BCUT2D eigenvalue weighted by Crippen LogP contribution is -2.46. The van der Waals surface area contributed by atoms with Crippen LogP contribution in [-0.2, 0) is 6.54 Å². The molecule has 1 heterocycles. The summed E-state index contributed by atoms with van der Waals surface area (Å²) in [4.78, 5) is 4.47. The molecule has 0 spiro atoms. The molecule has 1 fully saturated rings. The van der Waals surface area contributed by atoms with Crippen LogP contribution in [0.5, 0.6) is 0 Å². The summed E-state index contributed by atoms with van der Waals surface area (Å²) in [5.41, 5.74) is 7.14. The van der Waals surface area contributed by atoms with E-state index in [2.05, 4.69) is 34.1 Å². The van der Waals surface area contributed by atoms with Crippen molar-refractivity contribution in [2.45, 2.75) is 6.54 Å². The normalized spacial score (nSPS) is 17.5. The van der Waals surface area contributed by atoms with Crippen LogP contribution >= 0.6 is 0 Å². The van der Waals surface area contributed by atoms with Crippen molar-refractivity contribution in [3.63, 3.8) is 0 Å². The molecule has 0 aromatic heterocycles. The first-order valence-corrected chi connectivity index (χ1v) is 6.16. The summed E-state index contributed by atoms with van der Waals surface area (Å²) < 4.78 is 0. The fourth-order valence-corrected chi connectivity index (χ4v) is 2.16. The largest absolute Gasteiger partial charge is 0.385 e. The lowest BCUT2D eigenvalue weighted by Gasteiger charge is -2.35. The molecule has 2 rings (SSSR count). The zero-order chi connectivity index (χ0) is 12.8. The standard InChI is InChI=1S/C14H18N4/c15-7-6-14(16)18-10-8-17(9-11-18)12-13-4-2-1-3-5-13/h1-6H,8-12,16H2/b14-6-. The minimum absolute atomic E-state index is 0.580. The number of nitriles is 1.